The van der Waals surface area contributed by atoms with Gasteiger partial charge in [-0.15, -0.1) is 5.10 Å². The fourth-order valence-corrected chi connectivity index (χ4v) is 1.66. The lowest BCUT2D eigenvalue weighted by molar-refractivity contribution is 0.0964. The predicted molar refractivity (Wildman–Crippen MR) is 73.5 cm³/mol. The molecular formula is C13H15N5O2. The number of aryl methyl sites for hydroxylation is 1. The summed E-state index contributed by atoms with van der Waals surface area (Å²) in [6, 6.07) is 6.74. The molecule has 0 saturated heterocycles. The van der Waals surface area contributed by atoms with Crippen molar-refractivity contribution in [3.8, 4) is 0 Å². The van der Waals surface area contributed by atoms with E-state index in [1.54, 1.807) is 24.3 Å². The maximum Gasteiger partial charge on any atom is 0.295 e. The van der Waals surface area contributed by atoms with E-state index in [-0.39, 0.29) is 11.7 Å². The summed E-state index contributed by atoms with van der Waals surface area (Å²) >= 11 is 0. The number of benzene rings is 1. The van der Waals surface area contributed by atoms with Crippen LogP contribution in [0.3, 0.4) is 0 Å². The molecule has 2 aromatic rings. The van der Waals surface area contributed by atoms with E-state index in [9.17, 15) is 9.59 Å². The van der Waals surface area contributed by atoms with Crippen molar-refractivity contribution in [2.45, 2.75) is 13.3 Å². The molecule has 2 amide bonds. The first-order valence-electron chi connectivity index (χ1n) is 6.19. The number of hydrogen-bond acceptors (Lipinski definition) is 4. The van der Waals surface area contributed by atoms with E-state index in [1.807, 2.05) is 6.92 Å². The molecule has 3 N–H and O–H groups in total. The van der Waals surface area contributed by atoms with Gasteiger partial charge in [0.1, 0.15) is 5.82 Å². The van der Waals surface area contributed by atoms with Gasteiger partial charge in [0.15, 0.2) is 0 Å². The van der Waals surface area contributed by atoms with Gasteiger partial charge in [-0.2, -0.15) is 0 Å². The second-order valence-electron chi connectivity index (χ2n) is 4.04. The molecule has 20 heavy (non-hydrogen) atoms. The molecule has 0 atom stereocenters. The molecule has 1 heterocycles. The van der Waals surface area contributed by atoms with Gasteiger partial charge in [0, 0.05) is 13.5 Å². The lowest BCUT2D eigenvalue weighted by Crippen LogP contribution is -2.22. The molecule has 0 aliphatic rings. The molecule has 0 unspecified atom stereocenters. The molecule has 2 rings (SSSR count). The standard InChI is InChI=1S/C13H15N5O2/c1-3-10-16-11(18-17-10)13(20)15-9-7-5-4-6-8(9)12(19)14-2/h4-7H,3H2,1-2H3,(H,14,19)(H,15,20)(H,16,17,18). The number of rotatable bonds is 4. The number of nitrogens with one attached hydrogen (secondary N) is 3. The lowest BCUT2D eigenvalue weighted by atomic mass is 10.1. The topological polar surface area (TPSA) is 99.8 Å². The van der Waals surface area contributed by atoms with Gasteiger partial charge in [-0.05, 0) is 12.1 Å². The van der Waals surface area contributed by atoms with Crippen LogP contribution in [0.25, 0.3) is 0 Å². The van der Waals surface area contributed by atoms with Gasteiger partial charge in [0.05, 0.1) is 11.3 Å². The normalized spacial score (nSPS) is 10.1. The Labute approximate surface area is 115 Å². The van der Waals surface area contributed by atoms with Crippen molar-refractivity contribution in [1.82, 2.24) is 20.5 Å². The molecule has 7 heteroatoms. The van der Waals surface area contributed by atoms with Crippen LogP contribution >= 0.6 is 0 Å². The molecule has 0 aliphatic heterocycles. The van der Waals surface area contributed by atoms with Crippen LogP contribution < -0.4 is 10.6 Å². The van der Waals surface area contributed by atoms with Crippen LogP contribution in [0, 0.1) is 0 Å². The summed E-state index contributed by atoms with van der Waals surface area (Å²) in [5.74, 6) is -0.0502. The van der Waals surface area contributed by atoms with Crippen LogP contribution in [0.4, 0.5) is 5.69 Å². The first-order chi connectivity index (χ1) is 9.65. The summed E-state index contributed by atoms with van der Waals surface area (Å²) in [6.45, 7) is 1.91. The number of hydrogen-bond donors (Lipinski definition) is 3. The van der Waals surface area contributed by atoms with E-state index in [1.165, 1.54) is 7.05 Å². The maximum atomic E-state index is 12.0. The van der Waals surface area contributed by atoms with Crippen molar-refractivity contribution in [3.05, 3.63) is 41.5 Å². The highest BCUT2D eigenvalue weighted by molar-refractivity contribution is 6.07. The minimum atomic E-state index is -0.461. The van der Waals surface area contributed by atoms with Crippen LogP contribution in [0.15, 0.2) is 24.3 Å². The number of H-pyrrole nitrogens is 1. The van der Waals surface area contributed by atoms with Gasteiger partial charge < -0.3 is 10.6 Å². The van der Waals surface area contributed by atoms with Crippen molar-refractivity contribution in [2.75, 3.05) is 12.4 Å². The average Bonchev–Trinajstić information content (AvgIpc) is 2.96. The zero-order chi connectivity index (χ0) is 14.5. The van der Waals surface area contributed by atoms with Crippen LogP contribution in [-0.2, 0) is 6.42 Å². The zero-order valence-electron chi connectivity index (χ0n) is 11.2. The summed E-state index contributed by atoms with van der Waals surface area (Å²) in [5.41, 5.74) is 0.800. The third-order valence-electron chi connectivity index (χ3n) is 2.72. The summed E-state index contributed by atoms with van der Waals surface area (Å²) in [5, 5.41) is 11.7. The molecule has 0 radical (unpaired) electrons. The van der Waals surface area contributed by atoms with Crippen molar-refractivity contribution >= 4 is 17.5 Å². The highest BCUT2D eigenvalue weighted by Crippen LogP contribution is 2.15. The van der Waals surface area contributed by atoms with E-state index in [0.29, 0.717) is 23.5 Å². The van der Waals surface area contributed by atoms with Gasteiger partial charge in [-0.1, -0.05) is 19.1 Å². The van der Waals surface area contributed by atoms with Crippen LogP contribution in [-0.4, -0.2) is 34.0 Å². The fourth-order valence-electron chi connectivity index (χ4n) is 1.66. The molecule has 0 spiro atoms. The molecule has 7 nitrogen and oxygen atoms in total. The quantitative estimate of drug-likeness (QED) is 0.773. The summed E-state index contributed by atoms with van der Waals surface area (Å²) in [6.07, 6.45) is 0.662. The number of anilines is 1. The Bertz CT molecular complexity index is 635. The number of para-hydroxylation sites is 1. The smallest absolute Gasteiger partial charge is 0.295 e. The summed E-state index contributed by atoms with van der Waals surface area (Å²) in [7, 11) is 1.53. The number of nitrogens with zero attached hydrogens (tertiary/aromatic N) is 2. The number of carbonyl (C=O) groups excluding carboxylic acids is 2. The average molecular weight is 273 g/mol. The maximum absolute atomic E-state index is 12.0. The van der Waals surface area contributed by atoms with Crippen LogP contribution in [0.2, 0.25) is 0 Å². The first kappa shape index (κ1) is 13.7. The fraction of sp³-hybridized carbons (Fsp3) is 0.231. The minimum Gasteiger partial charge on any atom is -0.355 e. The van der Waals surface area contributed by atoms with Crippen molar-refractivity contribution in [1.29, 1.82) is 0 Å². The SMILES string of the molecule is CCc1nc(C(=O)Nc2ccccc2C(=O)NC)n[nH]1. The van der Waals surface area contributed by atoms with Gasteiger partial charge in [0.25, 0.3) is 11.8 Å². The van der Waals surface area contributed by atoms with E-state index in [0.717, 1.165) is 0 Å². The van der Waals surface area contributed by atoms with E-state index in [2.05, 4.69) is 25.8 Å². The summed E-state index contributed by atoms with van der Waals surface area (Å²) < 4.78 is 0. The van der Waals surface area contributed by atoms with Crippen molar-refractivity contribution < 1.29 is 9.59 Å². The van der Waals surface area contributed by atoms with Gasteiger partial charge in [0.2, 0.25) is 5.82 Å². The summed E-state index contributed by atoms with van der Waals surface area (Å²) in [4.78, 5) is 27.8. The molecule has 0 aliphatic carbocycles. The Morgan fingerprint density at radius 1 is 1.25 bits per heavy atom. The Kier molecular flexibility index (Phi) is 4.09. The Morgan fingerprint density at radius 2 is 2.00 bits per heavy atom. The minimum absolute atomic E-state index is 0.0496. The number of carbonyl (C=O) groups is 2. The van der Waals surface area contributed by atoms with Gasteiger partial charge in [-0.3, -0.25) is 14.7 Å². The Balaban J connectivity index is 2.21. The molecule has 104 valence electrons. The van der Waals surface area contributed by atoms with Crippen molar-refractivity contribution in [3.63, 3.8) is 0 Å². The highest BCUT2D eigenvalue weighted by Gasteiger charge is 2.15. The molecule has 0 fully saturated rings. The highest BCUT2D eigenvalue weighted by atomic mass is 16.2. The molecule has 0 bridgehead atoms. The second-order valence-corrected chi connectivity index (χ2v) is 4.04. The first-order valence-corrected chi connectivity index (χ1v) is 6.19. The second kappa shape index (κ2) is 5.96. The molecular weight excluding hydrogens is 258 g/mol. The van der Waals surface area contributed by atoms with Crippen LogP contribution in [0.1, 0.15) is 33.7 Å². The third-order valence-corrected chi connectivity index (χ3v) is 2.72. The Hall–Kier alpha value is -2.70. The van der Waals surface area contributed by atoms with Gasteiger partial charge >= 0.3 is 0 Å². The van der Waals surface area contributed by atoms with Gasteiger partial charge in [-0.25, -0.2) is 4.98 Å². The van der Waals surface area contributed by atoms with Crippen LogP contribution in [0.5, 0.6) is 0 Å². The monoisotopic (exact) mass is 273 g/mol. The Morgan fingerprint density at radius 3 is 2.65 bits per heavy atom. The molecule has 1 aromatic carbocycles. The number of aromatic amines is 1. The molecule has 0 saturated carbocycles. The zero-order valence-corrected chi connectivity index (χ0v) is 11.2. The van der Waals surface area contributed by atoms with Crippen molar-refractivity contribution in [2.24, 2.45) is 0 Å². The largest absolute Gasteiger partial charge is 0.355 e. The van der Waals surface area contributed by atoms with E-state index in [4.69, 9.17) is 0 Å². The predicted octanol–water partition coefficient (Wildman–Crippen LogP) is 0.979. The number of amides is 2. The lowest BCUT2D eigenvalue weighted by Gasteiger charge is -2.08. The third kappa shape index (κ3) is 2.82. The number of aromatic nitrogens is 3. The van der Waals surface area contributed by atoms with E-state index >= 15 is 0 Å². The molecule has 1 aromatic heterocycles. The van der Waals surface area contributed by atoms with E-state index < -0.39 is 5.91 Å².